The molecule has 8 nitrogen and oxygen atoms in total. The molecule has 0 saturated carbocycles. The van der Waals surface area contributed by atoms with Gasteiger partial charge in [0.2, 0.25) is 0 Å². The molecule has 0 aromatic heterocycles. The molecular formula is C26H20O8P2. The third-order valence-corrected chi connectivity index (χ3v) is 9.02. The predicted octanol–water partition coefficient (Wildman–Crippen LogP) is 6.26. The van der Waals surface area contributed by atoms with Gasteiger partial charge in [0.1, 0.15) is 47.4 Å². The minimum absolute atomic E-state index is 0.298. The van der Waals surface area contributed by atoms with Crippen molar-refractivity contribution >= 4 is 38.7 Å². The molecule has 0 radical (unpaired) electrons. The lowest BCUT2D eigenvalue weighted by molar-refractivity contribution is 0.0133. The van der Waals surface area contributed by atoms with Crippen LogP contribution in [0.2, 0.25) is 0 Å². The van der Waals surface area contributed by atoms with Crippen LogP contribution >= 0.6 is 17.2 Å². The molecule has 182 valence electrons. The minimum atomic E-state index is -1.64. The smallest absolute Gasteiger partial charge is 0.417 e. The van der Waals surface area contributed by atoms with Crippen LogP contribution in [0, 0.1) is 0 Å². The van der Waals surface area contributed by atoms with Crippen LogP contribution in [0.5, 0.6) is 23.0 Å². The molecule has 36 heavy (non-hydrogen) atoms. The van der Waals surface area contributed by atoms with E-state index >= 15 is 0 Å². The van der Waals surface area contributed by atoms with E-state index in [0.29, 0.717) is 13.2 Å². The highest BCUT2D eigenvalue weighted by atomic mass is 31.2. The van der Waals surface area contributed by atoms with Crippen LogP contribution in [0.4, 0.5) is 0 Å². The van der Waals surface area contributed by atoms with Gasteiger partial charge in [0.05, 0.1) is 24.0 Å². The van der Waals surface area contributed by atoms with Crippen molar-refractivity contribution < 1.29 is 36.6 Å². The van der Waals surface area contributed by atoms with E-state index in [1.54, 1.807) is 0 Å². The molecule has 0 N–H and O–H groups in total. The molecule has 0 spiro atoms. The third-order valence-electron chi connectivity index (χ3n) is 6.75. The summed E-state index contributed by atoms with van der Waals surface area (Å²) >= 11 is 0. The molecule has 8 rings (SSSR count). The number of hydrogen-bond acceptors (Lipinski definition) is 8. The second-order valence-corrected chi connectivity index (χ2v) is 11.0. The largest absolute Gasteiger partial charge is 0.463 e. The molecule has 4 aromatic rings. The summed E-state index contributed by atoms with van der Waals surface area (Å²) in [7, 11) is -3.29. The van der Waals surface area contributed by atoms with Gasteiger partial charge in [-0.15, -0.1) is 0 Å². The van der Waals surface area contributed by atoms with Gasteiger partial charge in [-0.25, -0.2) is 0 Å². The maximum Gasteiger partial charge on any atom is 0.463 e. The molecule has 0 bridgehead atoms. The lowest BCUT2D eigenvalue weighted by Crippen LogP contribution is -2.33. The topological polar surface area (TPSA) is 73.8 Å². The summed E-state index contributed by atoms with van der Waals surface area (Å²) < 4.78 is 48.9. The Bertz CT molecular complexity index is 1290. The second kappa shape index (κ2) is 8.42. The zero-order chi connectivity index (χ0) is 23.6. The number of hydrogen-bond donors (Lipinski definition) is 0. The second-order valence-electron chi connectivity index (χ2n) is 8.92. The predicted molar refractivity (Wildman–Crippen MR) is 133 cm³/mol. The van der Waals surface area contributed by atoms with E-state index in [-0.39, 0.29) is 24.4 Å². The summed E-state index contributed by atoms with van der Waals surface area (Å²) in [5.74, 6) is 3.03. The van der Waals surface area contributed by atoms with Crippen molar-refractivity contribution in [2.75, 3.05) is 13.2 Å². The maximum absolute atomic E-state index is 6.24. The van der Waals surface area contributed by atoms with Gasteiger partial charge in [-0.1, -0.05) is 48.5 Å². The molecule has 10 heteroatoms. The first-order valence-electron chi connectivity index (χ1n) is 11.7. The van der Waals surface area contributed by atoms with Crippen LogP contribution in [0.3, 0.4) is 0 Å². The summed E-state index contributed by atoms with van der Waals surface area (Å²) in [5, 5.41) is 4.05. The molecule has 0 amide bonds. The van der Waals surface area contributed by atoms with E-state index in [4.69, 9.17) is 36.6 Å². The van der Waals surface area contributed by atoms with Crippen LogP contribution in [0.1, 0.15) is 0 Å². The summed E-state index contributed by atoms with van der Waals surface area (Å²) in [5.41, 5.74) is 0. The van der Waals surface area contributed by atoms with Gasteiger partial charge in [0, 0.05) is 0 Å². The molecule has 2 saturated heterocycles. The van der Waals surface area contributed by atoms with Gasteiger partial charge in [-0.05, 0) is 35.0 Å². The Morgan fingerprint density at radius 2 is 0.889 bits per heavy atom. The highest BCUT2D eigenvalue weighted by Crippen LogP contribution is 2.55. The van der Waals surface area contributed by atoms with Crippen molar-refractivity contribution in [2.24, 2.45) is 0 Å². The average Bonchev–Trinajstić information content (AvgIpc) is 3.48. The molecule has 4 heterocycles. The van der Waals surface area contributed by atoms with Crippen molar-refractivity contribution in [2.45, 2.75) is 24.4 Å². The fourth-order valence-corrected chi connectivity index (χ4v) is 7.43. The van der Waals surface area contributed by atoms with Crippen LogP contribution in [-0.4, -0.2) is 37.6 Å². The first kappa shape index (κ1) is 21.4. The zero-order valence-electron chi connectivity index (χ0n) is 18.8. The van der Waals surface area contributed by atoms with Gasteiger partial charge >= 0.3 is 17.2 Å². The van der Waals surface area contributed by atoms with Crippen molar-refractivity contribution in [3.05, 3.63) is 72.8 Å². The maximum atomic E-state index is 6.24. The Morgan fingerprint density at radius 3 is 1.25 bits per heavy atom. The van der Waals surface area contributed by atoms with E-state index in [9.17, 15) is 0 Å². The summed E-state index contributed by atoms with van der Waals surface area (Å²) in [6.45, 7) is 0.711. The van der Waals surface area contributed by atoms with Crippen LogP contribution < -0.4 is 18.1 Å². The van der Waals surface area contributed by atoms with Crippen molar-refractivity contribution in [3.8, 4) is 23.0 Å². The Balaban J connectivity index is 0.948. The SMILES string of the molecule is c1cc2c3c(cccc3c1)OP(O[C@@H]1CO[C@H]3[C@@H]1OC[C@H]3OP1Oc3cccc4cccc(c34)O1)O2. The number of ether oxygens (including phenoxy) is 2. The summed E-state index contributed by atoms with van der Waals surface area (Å²) in [6, 6.07) is 23.7. The fraction of sp³-hybridized carbons (Fsp3) is 0.231. The normalized spacial score (nSPS) is 26.8. The highest BCUT2D eigenvalue weighted by molar-refractivity contribution is 7.43. The van der Waals surface area contributed by atoms with E-state index in [2.05, 4.69) is 0 Å². The highest BCUT2D eigenvalue weighted by Gasteiger charge is 2.52. The summed E-state index contributed by atoms with van der Waals surface area (Å²) in [4.78, 5) is 0. The minimum Gasteiger partial charge on any atom is -0.417 e. The van der Waals surface area contributed by atoms with Crippen molar-refractivity contribution in [3.63, 3.8) is 0 Å². The van der Waals surface area contributed by atoms with E-state index in [1.807, 2.05) is 72.8 Å². The average molecular weight is 522 g/mol. The zero-order valence-corrected chi connectivity index (χ0v) is 20.6. The molecule has 0 aliphatic carbocycles. The van der Waals surface area contributed by atoms with Crippen molar-refractivity contribution in [1.29, 1.82) is 0 Å². The Hall–Kier alpha value is -2.70. The van der Waals surface area contributed by atoms with Gasteiger partial charge in [-0.3, -0.25) is 9.05 Å². The third kappa shape index (κ3) is 3.45. The number of fused-ring (bicyclic) bond motifs is 1. The Labute approximate surface area is 208 Å². The molecule has 4 aliphatic rings. The van der Waals surface area contributed by atoms with Crippen LogP contribution in [-0.2, 0) is 18.5 Å². The monoisotopic (exact) mass is 522 g/mol. The molecule has 2 fully saturated rings. The number of benzene rings is 4. The van der Waals surface area contributed by atoms with E-state index in [1.165, 1.54) is 0 Å². The van der Waals surface area contributed by atoms with Gasteiger partial charge in [0.15, 0.2) is 0 Å². The first-order valence-corrected chi connectivity index (χ1v) is 13.9. The van der Waals surface area contributed by atoms with Gasteiger partial charge in [-0.2, -0.15) is 0 Å². The number of rotatable bonds is 4. The Kier molecular flexibility index (Phi) is 5.00. The van der Waals surface area contributed by atoms with Crippen LogP contribution in [0.25, 0.3) is 21.5 Å². The van der Waals surface area contributed by atoms with Gasteiger partial charge in [0.25, 0.3) is 0 Å². The molecule has 4 aromatic carbocycles. The van der Waals surface area contributed by atoms with Crippen LogP contribution in [0.15, 0.2) is 72.8 Å². The lowest BCUT2D eigenvalue weighted by atomic mass is 10.1. The fourth-order valence-electron chi connectivity index (χ4n) is 5.13. The lowest BCUT2D eigenvalue weighted by Gasteiger charge is -2.27. The summed E-state index contributed by atoms with van der Waals surface area (Å²) in [6.07, 6.45) is -1.27. The molecule has 4 aliphatic heterocycles. The van der Waals surface area contributed by atoms with E-state index in [0.717, 1.165) is 44.5 Å². The van der Waals surface area contributed by atoms with E-state index < -0.39 is 17.2 Å². The molecule has 4 atom stereocenters. The standard InChI is InChI=1S/C26H20O8P2/c1-5-15-6-2-10-18-23(15)17(9-1)29-35(30-18)33-21-13-27-26-22(14-28-25(21)26)34-36-31-19-11-3-7-16-8-4-12-20(32-36)24(16)19/h1-12,21-22,25-26H,13-14H2/t21-,22-,25-,26-/m1/s1. The quantitative estimate of drug-likeness (QED) is 0.291. The van der Waals surface area contributed by atoms with Gasteiger partial charge < -0.3 is 27.6 Å². The molecular weight excluding hydrogens is 502 g/mol. The van der Waals surface area contributed by atoms with Crippen molar-refractivity contribution in [1.82, 2.24) is 0 Å². The molecule has 0 unspecified atom stereocenters. The first-order chi connectivity index (χ1) is 17.8. The Morgan fingerprint density at radius 1 is 0.528 bits per heavy atom.